The molecule has 1 fully saturated rings. The van der Waals surface area contributed by atoms with Gasteiger partial charge in [0, 0.05) is 18.7 Å². The summed E-state index contributed by atoms with van der Waals surface area (Å²) in [5.74, 6) is 1.78. The molecular weight excluding hydrogens is 365 g/mol. The molecule has 136 valence electrons. The predicted molar refractivity (Wildman–Crippen MR) is 101 cm³/mol. The number of halogens is 1. The Kier molecular flexibility index (Phi) is 4.05. The number of thiophene rings is 1. The summed E-state index contributed by atoms with van der Waals surface area (Å²) in [6.45, 7) is 1.69. The van der Waals surface area contributed by atoms with Gasteiger partial charge < -0.3 is 9.42 Å². The Morgan fingerprint density at radius 3 is 3.11 bits per heavy atom. The number of hydrogen-bond donors (Lipinski definition) is 0. The van der Waals surface area contributed by atoms with Crippen molar-refractivity contribution in [3.8, 4) is 11.4 Å². The monoisotopic (exact) mass is 381 g/mol. The van der Waals surface area contributed by atoms with Crippen LogP contribution in [0.15, 0.2) is 46.6 Å². The van der Waals surface area contributed by atoms with Crippen molar-refractivity contribution in [2.45, 2.75) is 18.8 Å². The molecule has 5 rings (SSSR count). The minimum Gasteiger partial charge on any atom is -0.355 e. The van der Waals surface area contributed by atoms with E-state index in [9.17, 15) is 4.39 Å². The molecule has 0 bridgehead atoms. The van der Waals surface area contributed by atoms with E-state index in [1.54, 1.807) is 29.8 Å². The Morgan fingerprint density at radius 1 is 1.22 bits per heavy atom. The van der Waals surface area contributed by atoms with E-state index in [0.29, 0.717) is 17.3 Å². The van der Waals surface area contributed by atoms with Gasteiger partial charge in [-0.2, -0.15) is 4.98 Å². The van der Waals surface area contributed by atoms with Crippen LogP contribution >= 0.6 is 11.3 Å². The second kappa shape index (κ2) is 6.70. The van der Waals surface area contributed by atoms with Crippen LogP contribution in [0.1, 0.15) is 24.7 Å². The van der Waals surface area contributed by atoms with Crippen molar-refractivity contribution < 1.29 is 8.91 Å². The number of hydrogen-bond acceptors (Lipinski definition) is 7. The molecule has 0 saturated carbocycles. The minimum atomic E-state index is -0.314. The van der Waals surface area contributed by atoms with Crippen LogP contribution in [0.5, 0.6) is 0 Å². The topological polar surface area (TPSA) is 67.9 Å². The van der Waals surface area contributed by atoms with E-state index in [1.165, 1.54) is 12.1 Å². The SMILES string of the molecule is Fc1cccc(-c2noc(C3CCCN(c4ncnc5sccc45)C3)n2)c1. The second-order valence-corrected chi connectivity index (χ2v) is 7.48. The number of aromatic nitrogens is 4. The molecule has 0 spiro atoms. The van der Waals surface area contributed by atoms with Gasteiger partial charge in [-0.05, 0) is 36.4 Å². The summed E-state index contributed by atoms with van der Waals surface area (Å²) in [6, 6.07) is 8.30. The van der Waals surface area contributed by atoms with Gasteiger partial charge in [-0.1, -0.05) is 17.3 Å². The van der Waals surface area contributed by atoms with Crippen molar-refractivity contribution in [2.75, 3.05) is 18.0 Å². The van der Waals surface area contributed by atoms with Crippen LogP contribution in [0.4, 0.5) is 10.2 Å². The maximum atomic E-state index is 13.5. The van der Waals surface area contributed by atoms with Gasteiger partial charge in [0.2, 0.25) is 11.7 Å². The molecule has 6 nitrogen and oxygen atoms in total. The molecule has 8 heteroatoms. The van der Waals surface area contributed by atoms with Crippen LogP contribution in [-0.2, 0) is 0 Å². The number of piperidine rings is 1. The zero-order chi connectivity index (χ0) is 18.2. The summed E-state index contributed by atoms with van der Waals surface area (Å²) in [4.78, 5) is 16.6. The van der Waals surface area contributed by atoms with E-state index in [0.717, 1.165) is 42.0 Å². The molecule has 0 N–H and O–H groups in total. The van der Waals surface area contributed by atoms with Crippen LogP contribution in [0.25, 0.3) is 21.6 Å². The number of nitrogens with zero attached hydrogens (tertiary/aromatic N) is 5. The lowest BCUT2D eigenvalue weighted by molar-refractivity contribution is 0.333. The summed E-state index contributed by atoms with van der Waals surface area (Å²) in [7, 11) is 0. The molecule has 4 aromatic rings. The van der Waals surface area contributed by atoms with Gasteiger partial charge in [-0.15, -0.1) is 11.3 Å². The van der Waals surface area contributed by atoms with E-state index >= 15 is 0 Å². The van der Waals surface area contributed by atoms with Gasteiger partial charge in [0.15, 0.2) is 0 Å². The maximum Gasteiger partial charge on any atom is 0.231 e. The van der Waals surface area contributed by atoms with Gasteiger partial charge in [0.25, 0.3) is 0 Å². The van der Waals surface area contributed by atoms with Gasteiger partial charge in [-0.3, -0.25) is 0 Å². The van der Waals surface area contributed by atoms with Gasteiger partial charge in [-0.25, -0.2) is 14.4 Å². The highest BCUT2D eigenvalue weighted by molar-refractivity contribution is 7.16. The summed E-state index contributed by atoms with van der Waals surface area (Å²) < 4.78 is 19.0. The fraction of sp³-hybridized carbons (Fsp3) is 0.263. The predicted octanol–water partition coefficient (Wildman–Crippen LogP) is 4.26. The van der Waals surface area contributed by atoms with Crippen molar-refractivity contribution in [2.24, 2.45) is 0 Å². The first-order chi connectivity index (χ1) is 13.3. The van der Waals surface area contributed by atoms with Gasteiger partial charge in [0.1, 0.15) is 22.8 Å². The first-order valence-electron chi connectivity index (χ1n) is 8.80. The van der Waals surface area contributed by atoms with Crippen molar-refractivity contribution in [1.82, 2.24) is 20.1 Å². The third-order valence-electron chi connectivity index (χ3n) is 4.84. The fourth-order valence-electron chi connectivity index (χ4n) is 3.55. The molecule has 0 aliphatic carbocycles. The molecule has 1 aliphatic heterocycles. The molecular formula is C19H16FN5OS. The van der Waals surface area contributed by atoms with E-state index < -0.39 is 0 Å². The van der Waals surface area contributed by atoms with Crippen molar-refractivity contribution in [1.29, 1.82) is 0 Å². The zero-order valence-electron chi connectivity index (χ0n) is 14.4. The lowest BCUT2D eigenvalue weighted by Crippen LogP contribution is -2.35. The van der Waals surface area contributed by atoms with Crippen molar-refractivity contribution in [3.63, 3.8) is 0 Å². The molecule has 1 atom stereocenters. The van der Waals surface area contributed by atoms with Crippen LogP contribution in [0.2, 0.25) is 0 Å². The highest BCUT2D eigenvalue weighted by Crippen LogP contribution is 2.33. The molecule has 4 heterocycles. The first-order valence-corrected chi connectivity index (χ1v) is 9.68. The molecule has 0 radical (unpaired) electrons. The first kappa shape index (κ1) is 16.3. The summed E-state index contributed by atoms with van der Waals surface area (Å²) >= 11 is 1.62. The van der Waals surface area contributed by atoms with E-state index in [4.69, 9.17) is 4.52 Å². The number of fused-ring (bicyclic) bond motifs is 1. The average molecular weight is 381 g/mol. The average Bonchev–Trinajstić information content (AvgIpc) is 3.37. The third kappa shape index (κ3) is 3.06. The Bertz CT molecular complexity index is 1090. The summed E-state index contributed by atoms with van der Waals surface area (Å²) in [5.41, 5.74) is 0.619. The maximum absolute atomic E-state index is 13.5. The van der Waals surface area contributed by atoms with Crippen molar-refractivity contribution in [3.05, 3.63) is 53.7 Å². The Hall–Kier alpha value is -2.87. The Labute approximate surface area is 158 Å². The smallest absolute Gasteiger partial charge is 0.231 e. The summed E-state index contributed by atoms with van der Waals surface area (Å²) in [6.07, 6.45) is 3.60. The van der Waals surface area contributed by atoms with E-state index in [2.05, 4.69) is 31.1 Å². The molecule has 27 heavy (non-hydrogen) atoms. The Morgan fingerprint density at radius 2 is 2.19 bits per heavy atom. The molecule has 3 aromatic heterocycles. The zero-order valence-corrected chi connectivity index (χ0v) is 15.2. The third-order valence-corrected chi connectivity index (χ3v) is 5.66. The van der Waals surface area contributed by atoms with Crippen LogP contribution < -0.4 is 4.90 Å². The van der Waals surface area contributed by atoms with Gasteiger partial charge >= 0.3 is 0 Å². The Balaban J connectivity index is 1.41. The molecule has 0 amide bonds. The minimum absolute atomic E-state index is 0.122. The number of anilines is 1. The van der Waals surface area contributed by atoms with E-state index in [-0.39, 0.29) is 11.7 Å². The second-order valence-electron chi connectivity index (χ2n) is 6.59. The lowest BCUT2D eigenvalue weighted by Gasteiger charge is -2.32. The molecule has 1 aliphatic rings. The number of benzene rings is 1. The standard InChI is InChI=1S/C19H16FN5OS/c20-14-5-1-3-12(9-14)16-23-18(26-24-16)13-4-2-7-25(10-13)17-15-6-8-27-19(15)22-11-21-17/h1,3,5-6,8-9,11,13H,2,4,7,10H2. The highest BCUT2D eigenvalue weighted by atomic mass is 32.1. The van der Waals surface area contributed by atoms with Crippen LogP contribution in [0, 0.1) is 5.82 Å². The van der Waals surface area contributed by atoms with Crippen LogP contribution in [-0.4, -0.2) is 33.2 Å². The molecule has 1 aromatic carbocycles. The fourth-order valence-corrected chi connectivity index (χ4v) is 4.27. The number of rotatable bonds is 3. The van der Waals surface area contributed by atoms with Gasteiger partial charge in [0.05, 0.1) is 11.3 Å². The molecule has 1 saturated heterocycles. The largest absolute Gasteiger partial charge is 0.355 e. The summed E-state index contributed by atoms with van der Waals surface area (Å²) in [5, 5.41) is 7.16. The highest BCUT2D eigenvalue weighted by Gasteiger charge is 2.28. The quantitative estimate of drug-likeness (QED) is 0.528. The molecule has 1 unspecified atom stereocenters. The van der Waals surface area contributed by atoms with E-state index in [1.807, 2.05) is 5.38 Å². The van der Waals surface area contributed by atoms with Crippen LogP contribution in [0.3, 0.4) is 0 Å². The lowest BCUT2D eigenvalue weighted by atomic mass is 9.98. The normalized spacial score (nSPS) is 17.5. The van der Waals surface area contributed by atoms with Crippen molar-refractivity contribution >= 4 is 27.4 Å².